The maximum atomic E-state index is 13.1. The largest absolute Gasteiger partial charge is 0.504 e. The minimum Gasteiger partial charge on any atom is -0.504 e. The van der Waals surface area contributed by atoms with E-state index in [1.807, 2.05) is 18.2 Å². The SMILES string of the molecule is Nc1cccc(Cn2c3c(c4ccccc42)C[C@@]2(O)[C@H]4Cc5ccc(O)c6c5[C@@]2(CCN4CC2CC2)[C@H]3O6)c1. The Morgan fingerprint density at radius 1 is 1.05 bits per heavy atom. The van der Waals surface area contributed by atoms with Crippen LogP contribution in [0.3, 0.4) is 0 Å². The highest BCUT2D eigenvalue weighted by Gasteiger charge is 2.73. The highest BCUT2D eigenvalue weighted by Crippen LogP contribution is 2.69. The number of piperidine rings is 1. The molecule has 0 unspecified atom stereocenters. The lowest BCUT2D eigenvalue weighted by molar-refractivity contribution is -0.173. The number of nitrogens with zero attached hydrogens (tertiary/aromatic N) is 2. The van der Waals surface area contributed by atoms with Crippen molar-refractivity contribution in [3.05, 3.63) is 88.6 Å². The Balaban J connectivity index is 1.31. The van der Waals surface area contributed by atoms with E-state index in [2.05, 4.69) is 45.9 Å². The summed E-state index contributed by atoms with van der Waals surface area (Å²) in [5.41, 5.74) is 12.3. The van der Waals surface area contributed by atoms with Gasteiger partial charge in [0.1, 0.15) is 0 Å². The van der Waals surface area contributed by atoms with Crippen LogP contribution < -0.4 is 10.5 Å². The van der Waals surface area contributed by atoms with E-state index in [9.17, 15) is 10.2 Å². The number of para-hydroxylation sites is 1. The van der Waals surface area contributed by atoms with Crippen LogP contribution in [0.5, 0.6) is 11.5 Å². The monoisotopic (exact) mass is 519 g/mol. The first-order valence-corrected chi connectivity index (χ1v) is 14.4. The predicted molar refractivity (Wildman–Crippen MR) is 150 cm³/mol. The molecule has 4 aromatic rings. The Kier molecular flexibility index (Phi) is 4.23. The number of ether oxygens (including phenoxy) is 1. The number of aliphatic hydroxyl groups is 1. The fourth-order valence-corrected chi connectivity index (χ4v) is 8.85. The molecule has 2 bridgehead atoms. The lowest BCUT2D eigenvalue weighted by Crippen LogP contribution is -2.74. The first-order chi connectivity index (χ1) is 19.0. The molecule has 9 rings (SSSR count). The van der Waals surface area contributed by atoms with Crippen molar-refractivity contribution < 1.29 is 14.9 Å². The van der Waals surface area contributed by atoms with Gasteiger partial charge in [0.05, 0.1) is 16.7 Å². The normalized spacial score (nSPS) is 30.2. The van der Waals surface area contributed by atoms with Crippen molar-refractivity contribution in [2.75, 3.05) is 18.8 Å². The minimum atomic E-state index is -0.976. The van der Waals surface area contributed by atoms with Crippen LogP contribution in [0.25, 0.3) is 10.9 Å². The van der Waals surface area contributed by atoms with Crippen molar-refractivity contribution in [1.82, 2.24) is 9.47 Å². The van der Waals surface area contributed by atoms with E-state index in [0.717, 1.165) is 59.9 Å². The highest BCUT2D eigenvalue weighted by atomic mass is 16.5. The number of anilines is 1. The molecule has 1 aromatic heterocycles. The van der Waals surface area contributed by atoms with Crippen LogP contribution in [0.1, 0.15) is 53.3 Å². The summed E-state index contributed by atoms with van der Waals surface area (Å²) < 4.78 is 9.28. The molecular formula is C33H33N3O3. The first kappa shape index (κ1) is 22.3. The zero-order valence-electron chi connectivity index (χ0n) is 21.9. The van der Waals surface area contributed by atoms with Gasteiger partial charge in [0.15, 0.2) is 17.6 Å². The van der Waals surface area contributed by atoms with E-state index in [0.29, 0.717) is 18.7 Å². The number of phenols is 1. The van der Waals surface area contributed by atoms with Crippen LogP contribution in [-0.4, -0.2) is 44.4 Å². The molecule has 3 heterocycles. The summed E-state index contributed by atoms with van der Waals surface area (Å²) in [6, 6.07) is 20.5. The van der Waals surface area contributed by atoms with E-state index in [1.165, 1.54) is 29.4 Å². The standard InChI is InChI=1S/C33H33N3O3/c34-22-5-3-4-20(14-22)18-36-25-7-2-1-6-23(25)24-16-33(38)27-15-21-10-11-26(37)30-28(21)32(33,31(39-30)29(24)36)12-13-35(27)17-19-8-9-19/h1-7,10-11,14,19,27,31,37-38H,8-9,12-13,15-18,34H2/t27-,31+,32+,33-/m1/s1. The molecule has 5 aliphatic rings. The summed E-state index contributed by atoms with van der Waals surface area (Å²) in [4.78, 5) is 2.59. The van der Waals surface area contributed by atoms with Crippen LogP contribution in [-0.2, 0) is 24.8 Å². The number of aromatic hydroxyl groups is 1. The molecule has 6 nitrogen and oxygen atoms in total. The molecule has 1 saturated heterocycles. The molecular weight excluding hydrogens is 486 g/mol. The molecule has 3 aromatic carbocycles. The van der Waals surface area contributed by atoms with Gasteiger partial charge in [-0.25, -0.2) is 0 Å². The Labute approximate surface area is 227 Å². The zero-order valence-corrected chi connectivity index (χ0v) is 21.9. The molecule has 3 aliphatic carbocycles. The number of phenolic OH excluding ortho intramolecular Hbond substituents is 1. The number of hydrogen-bond donors (Lipinski definition) is 3. The van der Waals surface area contributed by atoms with Gasteiger partial charge in [-0.15, -0.1) is 0 Å². The summed E-state index contributed by atoms with van der Waals surface area (Å²) in [5.74, 6) is 1.52. The van der Waals surface area contributed by atoms with Crippen LogP contribution in [0.4, 0.5) is 5.69 Å². The topological polar surface area (TPSA) is 83.9 Å². The quantitative estimate of drug-likeness (QED) is 0.341. The number of likely N-dealkylation sites (tertiary alicyclic amines) is 1. The molecule has 1 saturated carbocycles. The second-order valence-corrected chi connectivity index (χ2v) is 12.6. The van der Waals surface area contributed by atoms with Crippen molar-refractivity contribution in [3.63, 3.8) is 0 Å². The number of benzene rings is 3. The van der Waals surface area contributed by atoms with Gasteiger partial charge in [0, 0.05) is 47.7 Å². The summed E-state index contributed by atoms with van der Waals surface area (Å²) >= 11 is 0. The molecule has 198 valence electrons. The number of fused-ring (bicyclic) bond motifs is 4. The second-order valence-electron chi connectivity index (χ2n) is 12.6. The van der Waals surface area contributed by atoms with Gasteiger partial charge < -0.3 is 25.3 Å². The van der Waals surface area contributed by atoms with Crippen LogP contribution >= 0.6 is 0 Å². The highest BCUT2D eigenvalue weighted by molar-refractivity contribution is 5.87. The lowest BCUT2D eigenvalue weighted by Gasteiger charge is -2.63. The van der Waals surface area contributed by atoms with Crippen LogP contribution in [0.2, 0.25) is 0 Å². The first-order valence-electron chi connectivity index (χ1n) is 14.4. The third-order valence-electron chi connectivity index (χ3n) is 10.6. The summed E-state index contributed by atoms with van der Waals surface area (Å²) in [6.45, 7) is 2.68. The lowest BCUT2D eigenvalue weighted by atomic mass is 9.49. The molecule has 1 spiro atoms. The van der Waals surface area contributed by atoms with Gasteiger partial charge >= 0.3 is 0 Å². The Morgan fingerprint density at radius 3 is 2.77 bits per heavy atom. The van der Waals surface area contributed by atoms with Crippen LogP contribution in [0, 0.1) is 5.92 Å². The van der Waals surface area contributed by atoms with E-state index >= 15 is 0 Å². The average Bonchev–Trinajstić information content (AvgIpc) is 3.60. The third-order valence-corrected chi connectivity index (χ3v) is 10.6. The fourth-order valence-electron chi connectivity index (χ4n) is 8.85. The van der Waals surface area contributed by atoms with Gasteiger partial charge in [-0.3, -0.25) is 4.90 Å². The van der Waals surface area contributed by atoms with Gasteiger partial charge in [-0.2, -0.15) is 0 Å². The van der Waals surface area contributed by atoms with Gasteiger partial charge in [-0.1, -0.05) is 36.4 Å². The number of hydrogen-bond acceptors (Lipinski definition) is 5. The molecule has 0 amide bonds. The van der Waals surface area contributed by atoms with Crippen molar-refractivity contribution in [2.45, 2.75) is 61.8 Å². The van der Waals surface area contributed by atoms with E-state index in [-0.39, 0.29) is 17.9 Å². The molecule has 6 heteroatoms. The minimum absolute atomic E-state index is 0.0325. The Hall–Kier alpha value is -3.48. The smallest absolute Gasteiger partial charge is 0.166 e. The van der Waals surface area contributed by atoms with Gasteiger partial charge in [0.25, 0.3) is 0 Å². The van der Waals surface area contributed by atoms with E-state index in [1.54, 1.807) is 6.07 Å². The molecule has 0 radical (unpaired) electrons. The summed E-state index contributed by atoms with van der Waals surface area (Å²) in [6.07, 6.45) is 4.44. The molecule has 4 N–H and O–H groups in total. The van der Waals surface area contributed by atoms with Crippen molar-refractivity contribution in [1.29, 1.82) is 0 Å². The maximum Gasteiger partial charge on any atom is 0.166 e. The maximum absolute atomic E-state index is 13.1. The van der Waals surface area contributed by atoms with Crippen molar-refractivity contribution in [2.24, 2.45) is 5.92 Å². The zero-order chi connectivity index (χ0) is 26.1. The average molecular weight is 520 g/mol. The summed E-state index contributed by atoms with van der Waals surface area (Å²) in [7, 11) is 0. The van der Waals surface area contributed by atoms with Gasteiger partial charge in [0.2, 0.25) is 0 Å². The second kappa shape index (κ2) is 7.38. The molecule has 4 atom stereocenters. The number of rotatable bonds is 4. The molecule has 2 aliphatic heterocycles. The molecule has 39 heavy (non-hydrogen) atoms. The number of aromatic nitrogens is 1. The van der Waals surface area contributed by atoms with E-state index in [4.69, 9.17) is 10.5 Å². The fraction of sp³-hybridized carbons (Fsp3) is 0.394. The number of nitrogens with two attached hydrogens (primary N) is 1. The third kappa shape index (κ3) is 2.74. The van der Waals surface area contributed by atoms with Crippen molar-refractivity contribution >= 4 is 16.6 Å². The Morgan fingerprint density at radius 2 is 1.92 bits per heavy atom. The predicted octanol–water partition coefficient (Wildman–Crippen LogP) is 4.68. The van der Waals surface area contributed by atoms with Gasteiger partial charge in [-0.05, 0) is 79.1 Å². The molecule has 2 fully saturated rings. The number of nitrogen functional groups attached to an aromatic ring is 1. The van der Waals surface area contributed by atoms with Crippen LogP contribution in [0.15, 0.2) is 60.7 Å². The Bertz CT molecular complexity index is 1690. The summed E-state index contributed by atoms with van der Waals surface area (Å²) in [5, 5.41) is 25.4. The van der Waals surface area contributed by atoms with E-state index < -0.39 is 11.0 Å². The van der Waals surface area contributed by atoms with Crippen molar-refractivity contribution in [3.8, 4) is 11.5 Å².